The minimum absolute atomic E-state index is 0.0530. The van der Waals surface area contributed by atoms with Gasteiger partial charge >= 0.3 is 0 Å². The molecule has 1 N–H and O–H groups in total. The van der Waals surface area contributed by atoms with E-state index in [0.717, 1.165) is 10.0 Å². The van der Waals surface area contributed by atoms with Gasteiger partial charge in [-0.25, -0.2) is 0 Å². The van der Waals surface area contributed by atoms with Gasteiger partial charge < -0.3 is 24.2 Å². The van der Waals surface area contributed by atoms with E-state index in [4.69, 9.17) is 14.2 Å². The van der Waals surface area contributed by atoms with Crippen LogP contribution < -0.4 is 9.47 Å². The van der Waals surface area contributed by atoms with Crippen LogP contribution in [0.1, 0.15) is 23.6 Å². The van der Waals surface area contributed by atoms with Crippen LogP contribution in [0.25, 0.3) is 5.76 Å². The molecule has 2 aliphatic heterocycles. The minimum atomic E-state index is -0.713. The van der Waals surface area contributed by atoms with Crippen LogP contribution in [0.5, 0.6) is 11.5 Å². The Balaban J connectivity index is 1.81. The molecule has 0 bridgehead atoms. The first kappa shape index (κ1) is 21.4. The summed E-state index contributed by atoms with van der Waals surface area (Å²) in [5.41, 5.74) is 1.17. The van der Waals surface area contributed by atoms with Gasteiger partial charge in [0, 0.05) is 30.3 Å². The Labute approximate surface area is 188 Å². The molecular weight excluding hydrogens is 466 g/mol. The van der Waals surface area contributed by atoms with Gasteiger partial charge in [0.1, 0.15) is 19.0 Å². The zero-order valence-corrected chi connectivity index (χ0v) is 18.6. The summed E-state index contributed by atoms with van der Waals surface area (Å²) in [6.07, 6.45) is 0.568. The van der Waals surface area contributed by atoms with E-state index < -0.39 is 17.7 Å². The van der Waals surface area contributed by atoms with Gasteiger partial charge in [-0.05, 0) is 42.3 Å². The molecule has 8 heteroatoms. The molecule has 0 spiro atoms. The molecule has 2 aromatic carbocycles. The lowest BCUT2D eigenvalue weighted by Crippen LogP contribution is -2.31. The van der Waals surface area contributed by atoms with Crippen molar-refractivity contribution in [1.82, 2.24) is 4.90 Å². The molecule has 1 amide bonds. The maximum atomic E-state index is 13.0. The molecule has 0 saturated carbocycles. The Hall–Kier alpha value is -2.84. The number of carbonyl (C=O) groups is 2. The highest BCUT2D eigenvalue weighted by molar-refractivity contribution is 9.10. The van der Waals surface area contributed by atoms with E-state index in [-0.39, 0.29) is 11.3 Å². The molecule has 4 rings (SSSR count). The normalized spacial score (nSPS) is 19.7. The Morgan fingerprint density at radius 2 is 1.94 bits per heavy atom. The van der Waals surface area contributed by atoms with Gasteiger partial charge in [-0.1, -0.05) is 28.1 Å². The van der Waals surface area contributed by atoms with Crippen molar-refractivity contribution in [1.29, 1.82) is 0 Å². The number of benzene rings is 2. The number of carbonyl (C=O) groups excluding carboxylic acids is 2. The molecule has 0 aromatic heterocycles. The summed E-state index contributed by atoms with van der Waals surface area (Å²) in [6.45, 7) is 1.64. The van der Waals surface area contributed by atoms with Gasteiger partial charge in [0.15, 0.2) is 11.5 Å². The second kappa shape index (κ2) is 9.11. The number of rotatable bonds is 6. The van der Waals surface area contributed by atoms with E-state index in [1.54, 1.807) is 25.3 Å². The first-order chi connectivity index (χ1) is 15.0. The van der Waals surface area contributed by atoms with Gasteiger partial charge in [-0.2, -0.15) is 0 Å². The van der Waals surface area contributed by atoms with E-state index in [0.29, 0.717) is 49.8 Å². The van der Waals surface area contributed by atoms with E-state index in [2.05, 4.69) is 15.9 Å². The number of halogens is 1. The monoisotopic (exact) mass is 487 g/mol. The van der Waals surface area contributed by atoms with Crippen LogP contribution in [0.2, 0.25) is 0 Å². The van der Waals surface area contributed by atoms with Crippen LogP contribution in [0.15, 0.2) is 52.5 Å². The smallest absolute Gasteiger partial charge is 0.295 e. The zero-order chi connectivity index (χ0) is 22.0. The summed E-state index contributed by atoms with van der Waals surface area (Å²) in [5, 5.41) is 11.1. The molecule has 1 unspecified atom stereocenters. The van der Waals surface area contributed by atoms with Gasteiger partial charge in [0.05, 0.1) is 11.6 Å². The lowest BCUT2D eigenvalue weighted by Gasteiger charge is -2.25. The molecule has 1 fully saturated rings. The van der Waals surface area contributed by atoms with Gasteiger partial charge in [-0.3, -0.25) is 9.59 Å². The maximum absolute atomic E-state index is 13.0. The average Bonchev–Trinajstić information content (AvgIpc) is 3.03. The van der Waals surface area contributed by atoms with Crippen molar-refractivity contribution in [2.45, 2.75) is 12.5 Å². The van der Waals surface area contributed by atoms with Crippen LogP contribution in [-0.4, -0.2) is 55.2 Å². The predicted molar refractivity (Wildman–Crippen MR) is 117 cm³/mol. The lowest BCUT2D eigenvalue weighted by atomic mass is 9.95. The van der Waals surface area contributed by atoms with Crippen molar-refractivity contribution >= 4 is 33.4 Å². The first-order valence-electron chi connectivity index (χ1n) is 9.94. The number of nitrogens with zero attached hydrogens (tertiary/aromatic N) is 1. The number of methoxy groups -OCH3 is 1. The van der Waals surface area contributed by atoms with Crippen LogP contribution in [0, 0.1) is 0 Å². The largest absolute Gasteiger partial charge is 0.507 e. The topological polar surface area (TPSA) is 85.3 Å². The van der Waals surface area contributed by atoms with Gasteiger partial charge in [-0.15, -0.1) is 0 Å². The lowest BCUT2D eigenvalue weighted by molar-refractivity contribution is -0.140. The van der Waals surface area contributed by atoms with Crippen LogP contribution in [0.4, 0.5) is 0 Å². The fourth-order valence-corrected chi connectivity index (χ4v) is 4.28. The van der Waals surface area contributed by atoms with Crippen LogP contribution in [-0.2, 0) is 14.3 Å². The van der Waals surface area contributed by atoms with Crippen LogP contribution >= 0.6 is 15.9 Å². The fraction of sp³-hybridized carbons (Fsp3) is 0.304. The van der Waals surface area contributed by atoms with E-state index in [1.807, 2.05) is 24.3 Å². The predicted octanol–water partition coefficient (Wildman–Crippen LogP) is 3.68. The Bertz CT molecular complexity index is 1050. The van der Waals surface area contributed by atoms with E-state index in [9.17, 15) is 14.7 Å². The van der Waals surface area contributed by atoms with Crippen molar-refractivity contribution in [2.75, 3.05) is 33.5 Å². The maximum Gasteiger partial charge on any atom is 0.295 e. The third-order valence-corrected chi connectivity index (χ3v) is 5.76. The number of Topliss-reactive ketones (excluding diaryl/α,β-unsaturated/α-hetero) is 1. The summed E-state index contributed by atoms with van der Waals surface area (Å²) in [7, 11) is 1.59. The number of hydrogen-bond donors (Lipinski definition) is 1. The quantitative estimate of drug-likeness (QED) is 0.289. The first-order valence-corrected chi connectivity index (χ1v) is 10.7. The number of ketones is 1. The highest BCUT2D eigenvalue weighted by Gasteiger charge is 2.45. The molecule has 2 aromatic rings. The highest BCUT2D eigenvalue weighted by Crippen LogP contribution is 2.41. The second-order valence-corrected chi connectivity index (χ2v) is 8.17. The molecule has 1 atom stereocenters. The summed E-state index contributed by atoms with van der Waals surface area (Å²) in [6, 6.07) is 11.6. The number of aliphatic hydroxyl groups excluding tert-OH is 1. The number of ether oxygens (including phenoxy) is 3. The molecule has 2 heterocycles. The summed E-state index contributed by atoms with van der Waals surface area (Å²) < 4.78 is 17.0. The molecule has 1 saturated heterocycles. The zero-order valence-electron chi connectivity index (χ0n) is 17.0. The summed E-state index contributed by atoms with van der Waals surface area (Å²) in [4.78, 5) is 27.4. The number of hydrogen-bond acceptors (Lipinski definition) is 6. The van der Waals surface area contributed by atoms with Crippen molar-refractivity contribution in [3.63, 3.8) is 0 Å². The molecule has 31 heavy (non-hydrogen) atoms. The fourth-order valence-electron chi connectivity index (χ4n) is 3.86. The molecule has 0 aliphatic carbocycles. The molecule has 162 valence electrons. The minimum Gasteiger partial charge on any atom is -0.507 e. The number of likely N-dealkylation sites (tertiary alicyclic amines) is 1. The summed E-state index contributed by atoms with van der Waals surface area (Å²) in [5.74, 6) is -0.528. The SMILES string of the molecule is COCCCN1C(=O)C(=O)C(=C(O)c2ccc3c(c2)OCCO3)C1c1cccc(Br)c1. The Morgan fingerprint density at radius 3 is 2.68 bits per heavy atom. The Morgan fingerprint density at radius 1 is 1.16 bits per heavy atom. The van der Waals surface area contributed by atoms with Crippen LogP contribution in [0.3, 0.4) is 0 Å². The third kappa shape index (κ3) is 4.18. The molecular formula is C23H22BrNO6. The second-order valence-electron chi connectivity index (χ2n) is 7.25. The van der Waals surface area contributed by atoms with Crippen molar-refractivity contribution in [3.8, 4) is 11.5 Å². The van der Waals surface area contributed by atoms with Crippen molar-refractivity contribution in [2.24, 2.45) is 0 Å². The average molecular weight is 488 g/mol. The summed E-state index contributed by atoms with van der Waals surface area (Å²) >= 11 is 3.45. The third-order valence-electron chi connectivity index (χ3n) is 5.27. The Kier molecular flexibility index (Phi) is 6.29. The number of fused-ring (bicyclic) bond motifs is 1. The standard InChI is InChI=1S/C23H22BrNO6/c1-29-9-3-8-25-20(14-4-2-5-16(24)12-14)19(22(27)23(25)28)21(26)15-6-7-17-18(13-15)31-11-10-30-17/h2,4-7,12-13,20,26H,3,8-11H2,1H3. The molecule has 7 nitrogen and oxygen atoms in total. The number of aliphatic hydroxyl groups is 1. The van der Waals surface area contributed by atoms with Crippen molar-refractivity contribution < 1.29 is 28.9 Å². The molecule has 0 radical (unpaired) electrons. The van der Waals surface area contributed by atoms with Gasteiger partial charge in [0.2, 0.25) is 0 Å². The highest BCUT2D eigenvalue weighted by atomic mass is 79.9. The number of amides is 1. The van der Waals surface area contributed by atoms with E-state index >= 15 is 0 Å². The van der Waals surface area contributed by atoms with Gasteiger partial charge in [0.25, 0.3) is 11.7 Å². The van der Waals surface area contributed by atoms with Crippen molar-refractivity contribution in [3.05, 3.63) is 63.6 Å². The van der Waals surface area contributed by atoms with E-state index in [1.165, 1.54) is 4.90 Å². The molecule has 2 aliphatic rings.